The van der Waals surface area contributed by atoms with Gasteiger partial charge in [-0.05, 0) is 110 Å². The van der Waals surface area contributed by atoms with Crippen LogP contribution in [0, 0.1) is 10.5 Å². The van der Waals surface area contributed by atoms with E-state index in [0.717, 1.165) is 51.0 Å². The molecule has 0 saturated carbocycles. The number of nitrogens with zero attached hydrogens (tertiary/aromatic N) is 2. The number of rotatable bonds is 10. The summed E-state index contributed by atoms with van der Waals surface area (Å²) in [6.45, 7) is 3.41. The fourth-order valence-electron chi connectivity index (χ4n) is 6.13. The summed E-state index contributed by atoms with van der Waals surface area (Å²) in [6.07, 6.45) is 2.51. The van der Waals surface area contributed by atoms with Crippen molar-refractivity contribution in [3.05, 3.63) is 98.1 Å². The van der Waals surface area contributed by atoms with E-state index in [-0.39, 0.29) is 30.9 Å². The van der Waals surface area contributed by atoms with Crippen LogP contribution in [0.3, 0.4) is 0 Å². The lowest BCUT2D eigenvalue weighted by molar-refractivity contribution is -0.131. The van der Waals surface area contributed by atoms with Crippen LogP contribution in [0.15, 0.2) is 71.6 Å². The van der Waals surface area contributed by atoms with E-state index in [4.69, 9.17) is 0 Å². The van der Waals surface area contributed by atoms with Crippen LogP contribution in [0.1, 0.15) is 46.7 Å². The van der Waals surface area contributed by atoms with Gasteiger partial charge in [0.2, 0.25) is 11.8 Å². The standard InChI is InChI=1S/C33H38IN3O3S/c1-22-9-12-27(13-10-22)41-33(32(40)35-15-6-16-36(2)3)20-30(39)37(26-18-24-7-4-5-8-25(24)19-26)31(33)28-14-11-23(21-38)17-29(28)34/h4-5,7-14,17,26,31,38H,6,15-16,18-21H2,1-3H3,(H,35,40)/t31-,33-/m1/s1. The van der Waals surface area contributed by atoms with E-state index in [1.165, 1.54) is 22.9 Å². The topological polar surface area (TPSA) is 72.9 Å². The van der Waals surface area contributed by atoms with Crippen molar-refractivity contribution in [1.82, 2.24) is 15.1 Å². The van der Waals surface area contributed by atoms with Gasteiger partial charge in [0.05, 0.1) is 19.1 Å². The number of halogens is 1. The van der Waals surface area contributed by atoms with Gasteiger partial charge in [-0.1, -0.05) is 54.1 Å². The molecule has 2 amide bonds. The molecule has 2 N–H and O–H groups in total. The molecule has 1 saturated heterocycles. The highest BCUT2D eigenvalue weighted by molar-refractivity contribution is 14.1. The van der Waals surface area contributed by atoms with Crippen molar-refractivity contribution in [3.63, 3.8) is 0 Å². The monoisotopic (exact) mass is 683 g/mol. The largest absolute Gasteiger partial charge is 0.392 e. The van der Waals surface area contributed by atoms with Crippen LogP contribution < -0.4 is 5.32 Å². The zero-order valence-corrected chi connectivity index (χ0v) is 26.9. The normalized spacial score (nSPS) is 20.6. The molecule has 8 heteroatoms. The molecule has 41 heavy (non-hydrogen) atoms. The predicted molar refractivity (Wildman–Crippen MR) is 173 cm³/mol. The molecule has 1 aliphatic carbocycles. The van der Waals surface area contributed by atoms with Gasteiger partial charge in [0.25, 0.3) is 0 Å². The average Bonchev–Trinajstić information content (AvgIpc) is 3.50. The quantitative estimate of drug-likeness (QED) is 0.229. The Morgan fingerprint density at radius 1 is 1.10 bits per heavy atom. The van der Waals surface area contributed by atoms with Crippen molar-refractivity contribution in [1.29, 1.82) is 0 Å². The van der Waals surface area contributed by atoms with Gasteiger partial charge >= 0.3 is 0 Å². The lowest BCUT2D eigenvalue weighted by Gasteiger charge is -2.39. The second-order valence-electron chi connectivity index (χ2n) is 11.4. The summed E-state index contributed by atoms with van der Waals surface area (Å²) >= 11 is 3.82. The smallest absolute Gasteiger partial charge is 0.239 e. The highest BCUT2D eigenvalue weighted by atomic mass is 127. The van der Waals surface area contributed by atoms with E-state index in [1.807, 2.05) is 44.1 Å². The van der Waals surface area contributed by atoms with Crippen LogP contribution >= 0.6 is 34.4 Å². The minimum absolute atomic E-state index is 0.0119. The third-order valence-corrected chi connectivity index (χ3v) is 10.5. The zero-order valence-electron chi connectivity index (χ0n) is 23.9. The number of thioether (sulfide) groups is 1. The van der Waals surface area contributed by atoms with Crippen molar-refractivity contribution in [2.45, 2.75) is 60.9 Å². The van der Waals surface area contributed by atoms with Crippen LogP contribution in [0.4, 0.5) is 0 Å². The molecule has 2 aliphatic rings. The van der Waals surface area contributed by atoms with Gasteiger partial charge in [0.1, 0.15) is 4.75 Å². The van der Waals surface area contributed by atoms with Gasteiger partial charge in [0, 0.05) is 21.1 Å². The molecule has 2 atom stereocenters. The summed E-state index contributed by atoms with van der Waals surface area (Å²) < 4.78 is -0.108. The third kappa shape index (κ3) is 6.35. The molecule has 0 bridgehead atoms. The second-order valence-corrected chi connectivity index (χ2v) is 14.0. The molecule has 6 nitrogen and oxygen atoms in total. The minimum Gasteiger partial charge on any atom is -0.392 e. The van der Waals surface area contributed by atoms with Crippen LogP contribution in [-0.2, 0) is 29.0 Å². The lowest BCUT2D eigenvalue weighted by Crippen LogP contribution is -2.50. The summed E-state index contributed by atoms with van der Waals surface area (Å²) in [7, 11) is 4.05. The van der Waals surface area contributed by atoms with E-state index in [2.05, 4.69) is 81.3 Å². The van der Waals surface area contributed by atoms with Crippen molar-refractivity contribution in [3.8, 4) is 0 Å². The summed E-state index contributed by atoms with van der Waals surface area (Å²) in [5.41, 5.74) is 5.45. The third-order valence-electron chi connectivity index (χ3n) is 8.16. The molecule has 216 valence electrons. The maximum atomic E-state index is 14.5. The van der Waals surface area contributed by atoms with Gasteiger partial charge in [-0.25, -0.2) is 0 Å². The minimum atomic E-state index is -1.06. The Morgan fingerprint density at radius 3 is 2.39 bits per heavy atom. The van der Waals surface area contributed by atoms with Gasteiger partial charge in [-0.15, -0.1) is 11.8 Å². The Morgan fingerprint density at radius 2 is 1.78 bits per heavy atom. The molecule has 0 spiro atoms. The molecule has 1 aliphatic heterocycles. The molecule has 0 unspecified atom stereocenters. The Labute approximate surface area is 261 Å². The number of amides is 2. The van der Waals surface area contributed by atoms with E-state index in [1.54, 1.807) is 0 Å². The fraction of sp³-hybridized carbons (Fsp3) is 0.394. The van der Waals surface area contributed by atoms with Crippen LogP contribution in [0.5, 0.6) is 0 Å². The van der Waals surface area contributed by atoms with E-state index in [9.17, 15) is 14.7 Å². The van der Waals surface area contributed by atoms with Crippen LogP contribution in [-0.4, -0.2) is 64.7 Å². The van der Waals surface area contributed by atoms with Crippen LogP contribution in [0.25, 0.3) is 0 Å². The average molecular weight is 684 g/mol. The Bertz CT molecular complexity index is 1390. The summed E-state index contributed by atoms with van der Waals surface area (Å²) in [6, 6.07) is 22.0. The number of carbonyl (C=O) groups is 2. The number of aryl methyl sites for hydroxylation is 1. The van der Waals surface area contributed by atoms with E-state index in [0.29, 0.717) is 6.54 Å². The first kappa shape index (κ1) is 30.1. The maximum Gasteiger partial charge on any atom is 0.239 e. The maximum absolute atomic E-state index is 14.5. The van der Waals surface area contributed by atoms with Gasteiger partial charge in [0.15, 0.2) is 0 Å². The molecule has 5 rings (SSSR count). The number of benzene rings is 3. The van der Waals surface area contributed by atoms with Gasteiger partial charge < -0.3 is 20.2 Å². The first-order valence-corrected chi connectivity index (χ1v) is 16.1. The highest BCUT2D eigenvalue weighted by Crippen LogP contribution is 2.55. The number of likely N-dealkylation sites (tertiary alicyclic amines) is 1. The van der Waals surface area contributed by atoms with Crippen molar-refractivity contribution in [2.24, 2.45) is 0 Å². The predicted octanol–water partition coefficient (Wildman–Crippen LogP) is 5.13. The van der Waals surface area contributed by atoms with Crippen molar-refractivity contribution in [2.75, 3.05) is 27.2 Å². The Balaban J connectivity index is 1.60. The molecule has 3 aromatic carbocycles. The highest BCUT2D eigenvalue weighted by Gasteiger charge is 2.60. The van der Waals surface area contributed by atoms with E-state index < -0.39 is 10.8 Å². The molecule has 0 radical (unpaired) electrons. The Hall–Kier alpha value is -2.40. The SMILES string of the molecule is Cc1ccc(S[C@]2(C(=O)NCCCN(C)C)CC(=O)N(C3Cc4ccccc4C3)[C@@H]2c2ccc(CO)cc2I)cc1. The molecule has 0 aromatic heterocycles. The second kappa shape index (κ2) is 12.9. The zero-order chi connectivity index (χ0) is 29.1. The number of carbonyl (C=O) groups excluding carboxylic acids is 2. The van der Waals surface area contributed by atoms with Gasteiger partial charge in [-0.3, -0.25) is 9.59 Å². The Kier molecular flexibility index (Phi) is 9.43. The summed E-state index contributed by atoms with van der Waals surface area (Å²) in [4.78, 5) is 33.8. The molecular formula is C33H38IN3O3S. The van der Waals surface area contributed by atoms with Crippen molar-refractivity contribution < 1.29 is 14.7 Å². The number of hydrogen-bond acceptors (Lipinski definition) is 5. The molecule has 1 fully saturated rings. The first-order chi connectivity index (χ1) is 19.7. The van der Waals surface area contributed by atoms with E-state index >= 15 is 0 Å². The summed E-state index contributed by atoms with van der Waals surface area (Å²) in [5, 5.41) is 13.0. The number of aliphatic hydroxyl groups is 1. The molecule has 1 heterocycles. The number of aliphatic hydroxyl groups excluding tert-OH is 1. The number of fused-ring (bicyclic) bond motifs is 1. The first-order valence-electron chi connectivity index (χ1n) is 14.2. The van der Waals surface area contributed by atoms with Crippen LogP contribution in [0.2, 0.25) is 0 Å². The fourth-order valence-corrected chi connectivity index (χ4v) is 8.41. The number of nitrogens with one attached hydrogen (secondary N) is 1. The number of hydrogen-bond donors (Lipinski definition) is 2. The van der Waals surface area contributed by atoms with Gasteiger partial charge in [-0.2, -0.15) is 0 Å². The molecular weight excluding hydrogens is 645 g/mol. The molecule has 3 aromatic rings. The lowest BCUT2D eigenvalue weighted by atomic mass is 9.90. The summed E-state index contributed by atoms with van der Waals surface area (Å²) in [5.74, 6) is -0.0851. The van der Waals surface area contributed by atoms with Crippen molar-refractivity contribution >= 4 is 46.2 Å².